The van der Waals surface area contributed by atoms with Gasteiger partial charge < -0.3 is 0 Å². The van der Waals surface area contributed by atoms with Crippen LogP contribution >= 0.6 is 9.24 Å². The Morgan fingerprint density at radius 1 is 1.69 bits per heavy atom. The fraction of sp³-hybridized carbons (Fsp3) is 0.375. The van der Waals surface area contributed by atoms with Gasteiger partial charge in [0.2, 0.25) is 0 Å². The molecule has 0 fully saturated rings. The molecule has 0 aliphatic heterocycles. The molecule has 0 amide bonds. The molecule has 0 aliphatic carbocycles. The zero-order valence-corrected chi connectivity index (χ0v) is 8.72. The zero-order chi connectivity index (χ0) is 9.52. The van der Waals surface area contributed by atoms with Gasteiger partial charge in [-0.1, -0.05) is 6.08 Å². The van der Waals surface area contributed by atoms with E-state index in [-0.39, 0.29) is 0 Å². The van der Waals surface area contributed by atoms with Crippen molar-refractivity contribution in [3.63, 3.8) is 0 Å². The van der Waals surface area contributed by atoms with Crippen molar-refractivity contribution >= 4 is 21.0 Å². The van der Waals surface area contributed by atoms with E-state index in [0.717, 1.165) is 24.1 Å². The zero-order valence-electron chi connectivity index (χ0n) is 7.57. The minimum absolute atomic E-state index is 0.727. The predicted molar refractivity (Wildman–Crippen MR) is 57.3 cm³/mol. The summed E-state index contributed by atoms with van der Waals surface area (Å²) in [6, 6.07) is 0. The highest BCUT2D eigenvalue weighted by Crippen LogP contribution is 2.17. The molecule has 1 N–H and O–H groups in total. The van der Waals surface area contributed by atoms with Gasteiger partial charge >= 0.3 is 0 Å². The average molecular weight is 196 g/mol. The van der Waals surface area contributed by atoms with Crippen molar-refractivity contribution in [3.05, 3.63) is 18.0 Å². The van der Waals surface area contributed by atoms with Crippen LogP contribution in [0.2, 0.25) is 0 Å². The lowest BCUT2D eigenvalue weighted by atomic mass is 10.3. The summed E-state index contributed by atoms with van der Waals surface area (Å²) in [5.41, 5.74) is 1.62. The first-order chi connectivity index (χ1) is 6.38. The quantitative estimate of drug-likeness (QED) is 0.583. The van der Waals surface area contributed by atoms with Gasteiger partial charge in [0, 0.05) is 6.20 Å². The molecule has 0 aliphatic rings. The van der Waals surface area contributed by atoms with Crippen LogP contribution in [0.25, 0.3) is 6.08 Å². The van der Waals surface area contributed by atoms with Crippen molar-refractivity contribution < 1.29 is 0 Å². The molecular weight excluding hydrogens is 183 g/mol. The van der Waals surface area contributed by atoms with Crippen LogP contribution in [0.3, 0.4) is 0 Å². The Hall–Kier alpha value is -1.02. The van der Waals surface area contributed by atoms with E-state index in [1.54, 1.807) is 6.20 Å². The first kappa shape index (κ1) is 10.1. The van der Waals surface area contributed by atoms with Gasteiger partial charge in [-0.25, -0.2) is 0 Å². The molecule has 0 saturated heterocycles. The van der Waals surface area contributed by atoms with E-state index in [0.29, 0.717) is 0 Å². The Balaban J connectivity index is 2.70. The second-order valence-corrected chi connectivity index (χ2v) is 2.99. The Labute approximate surface area is 79.7 Å². The molecule has 4 nitrogen and oxygen atoms in total. The van der Waals surface area contributed by atoms with Gasteiger partial charge in [0.15, 0.2) is 0 Å². The van der Waals surface area contributed by atoms with Crippen LogP contribution in [0, 0.1) is 0 Å². The largest absolute Gasteiger partial charge is 0.283 e. The Bertz CT molecular complexity index is 303. The van der Waals surface area contributed by atoms with Crippen molar-refractivity contribution in [1.82, 2.24) is 10.2 Å². The predicted octanol–water partition coefficient (Wildman–Crippen LogP) is 2.40. The number of H-pyrrole nitrogens is 1. The van der Waals surface area contributed by atoms with Crippen molar-refractivity contribution in [2.24, 2.45) is 10.2 Å². The summed E-state index contributed by atoms with van der Waals surface area (Å²) >= 11 is 0. The summed E-state index contributed by atoms with van der Waals surface area (Å²) in [6.07, 6.45) is 6.48. The summed E-state index contributed by atoms with van der Waals surface area (Å²) in [4.78, 5) is 0. The smallest absolute Gasteiger partial charge is 0.130 e. The molecule has 1 rings (SSSR count). The summed E-state index contributed by atoms with van der Waals surface area (Å²) in [7, 11) is 2.60. The Morgan fingerprint density at radius 2 is 2.54 bits per heavy atom. The SMILES string of the molecule is C/C=C\c1n[nH]cc1/N=N\CCP. The number of azo groups is 1. The van der Waals surface area contributed by atoms with Gasteiger partial charge in [-0.2, -0.15) is 15.3 Å². The summed E-state index contributed by atoms with van der Waals surface area (Å²) in [6.45, 7) is 2.67. The number of nitrogens with one attached hydrogen (secondary N) is 1. The number of aromatic nitrogens is 2. The van der Waals surface area contributed by atoms with Crippen LogP contribution in [-0.4, -0.2) is 22.9 Å². The highest BCUT2D eigenvalue weighted by molar-refractivity contribution is 7.16. The van der Waals surface area contributed by atoms with E-state index in [4.69, 9.17) is 0 Å². The third kappa shape index (κ3) is 3.07. The van der Waals surface area contributed by atoms with Crippen LogP contribution in [0.5, 0.6) is 0 Å². The minimum Gasteiger partial charge on any atom is -0.283 e. The first-order valence-corrected chi connectivity index (χ1v) is 4.94. The number of hydrogen-bond acceptors (Lipinski definition) is 3. The van der Waals surface area contributed by atoms with E-state index in [1.807, 2.05) is 19.1 Å². The van der Waals surface area contributed by atoms with E-state index in [9.17, 15) is 0 Å². The maximum absolute atomic E-state index is 4.04. The summed E-state index contributed by atoms with van der Waals surface area (Å²) < 4.78 is 0. The average Bonchev–Trinajstić information content (AvgIpc) is 2.54. The molecule has 0 spiro atoms. The van der Waals surface area contributed by atoms with Gasteiger partial charge in [0.25, 0.3) is 0 Å². The monoisotopic (exact) mass is 196 g/mol. The fourth-order valence-corrected chi connectivity index (χ4v) is 0.954. The van der Waals surface area contributed by atoms with Crippen LogP contribution in [-0.2, 0) is 0 Å². The molecule has 70 valence electrons. The van der Waals surface area contributed by atoms with Gasteiger partial charge in [-0.15, -0.1) is 9.24 Å². The lowest BCUT2D eigenvalue weighted by Crippen LogP contribution is -1.76. The van der Waals surface area contributed by atoms with Gasteiger partial charge in [0.1, 0.15) is 11.4 Å². The molecule has 0 aromatic carbocycles. The van der Waals surface area contributed by atoms with Crippen molar-refractivity contribution in [1.29, 1.82) is 0 Å². The molecule has 5 heteroatoms. The Kier molecular flexibility index (Phi) is 4.33. The van der Waals surface area contributed by atoms with Gasteiger partial charge in [-0.05, 0) is 19.2 Å². The molecule has 0 radical (unpaired) electrons. The minimum atomic E-state index is 0.727. The maximum Gasteiger partial charge on any atom is 0.130 e. The standard InChI is InChI=1S/C8H13N4P/c1-2-3-7-8(6-10-11-7)12-9-4-5-13/h2-3,6H,4-5,13H2,1H3,(H,10,11)/b3-2-,12-9-. The number of aromatic amines is 1. The normalized spacial score (nSPS) is 11.8. The van der Waals surface area contributed by atoms with Crippen LogP contribution in [0.15, 0.2) is 22.5 Å². The fourth-order valence-electron chi connectivity index (χ4n) is 0.839. The van der Waals surface area contributed by atoms with Crippen molar-refractivity contribution in [2.45, 2.75) is 6.92 Å². The van der Waals surface area contributed by atoms with Crippen molar-refractivity contribution in [3.8, 4) is 0 Å². The third-order valence-corrected chi connectivity index (χ3v) is 1.64. The van der Waals surface area contributed by atoms with Gasteiger partial charge in [0.05, 0.1) is 6.54 Å². The highest BCUT2D eigenvalue weighted by Gasteiger charge is 1.98. The van der Waals surface area contributed by atoms with Crippen LogP contribution < -0.4 is 0 Å². The molecular formula is C8H13N4P. The Morgan fingerprint density at radius 3 is 3.23 bits per heavy atom. The van der Waals surface area contributed by atoms with Crippen molar-refractivity contribution in [2.75, 3.05) is 12.7 Å². The topological polar surface area (TPSA) is 53.4 Å². The van der Waals surface area contributed by atoms with Gasteiger partial charge in [-0.3, -0.25) is 5.10 Å². The molecule has 0 bridgehead atoms. The molecule has 1 aromatic heterocycles. The van der Waals surface area contributed by atoms with E-state index in [2.05, 4.69) is 29.7 Å². The summed E-state index contributed by atoms with van der Waals surface area (Å²) in [5.74, 6) is 0. The lowest BCUT2D eigenvalue weighted by Gasteiger charge is -1.87. The number of allylic oxidation sites excluding steroid dienone is 1. The molecule has 1 heterocycles. The summed E-state index contributed by atoms with van der Waals surface area (Å²) in [5, 5.41) is 14.8. The number of hydrogen-bond donors (Lipinski definition) is 1. The molecule has 1 unspecified atom stereocenters. The van der Waals surface area contributed by atoms with E-state index < -0.39 is 0 Å². The first-order valence-electron chi connectivity index (χ1n) is 4.12. The van der Waals surface area contributed by atoms with Crippen LogP contribution in [0.4, 0.5) is 5.69 Å². The number of rotatable bonds is 4. The lowest BCUT2D eigenvalue weighted by molar-refractivity contribution is 1.02. The van der Waals surface area contributed by atoms with Crippen LogP contribution in [0.1, 0.15) is 12.6 Å². The third-order valence-electron chi connectivity index (χ3n) is 1.38. The molecule has 13 heavy (non-hydrogen) atoms. The number of nitrogens with zero attached hydrogens (tertiary/aromatic N) is 3. The highest BCUT2D eigenvalue weighted by atomic mass is 31.0. The maximum atomic E-state index is 4.04. The second kappa shape index (κ2) is 5.60. The second-order valence-electron chi connectivity index (χ2n) is 2.41. The van der Waals surface area contributed by atoms with E-state index in [1.165, 1.54) is 0 Å². The van der Waals surface area contributed by atoms with E-state index >= 15 is 0 Å². The molecule has 0 saturated carbocycles. The molecule has 1 aromatic rings. The molecule has 1 atom stereocenters.